The summed E-state index contributed by atoms with van der Waals surface area (Å²) in [5.41, 5.74) is 2.69. The van der Waals surface area contributed by atoms with Crippen LogP contribution in [0.2, 0.25) is 0 Å². The van der Waals surface area contributed by atoms with E-state index in [1.54, 1.807) is 12.1 Å². The van der Waals surface area contributed by atoms with Gasteiger partial charge in [0.2, 0.25) is 0 Å². The molecule has 0 aromatic heterocycles. The summed E-state index contributed by atoms with van der Waals surface area (Å²) in [7, 11) is 0. The minimum atomic E-state index is -0.454. The van der Waals surface area contributed by atoms with Crippen LogP contribution in [0.5, 0.6) is 5.75 Å². The minimum Gasteiger partial charge on any atom is -0.493 e. The smallest absolute Gasteiger partial charge is 0.315 e. The van der Waals surface area contributed by atoms with Crippen molar-refractivity contribution in [3.63, 3.8) is 0 Å². The lowest BCUT2D eigenvalue weighted by molar-refractivity contribution is -0.384. The van der Waals surface area contributed by atoms with Gasteiger partial charge in [-0.1, -0.05) is 30.3 Å². The van der Waals surface area contributed by atoms with Crippen LogP contribution in [0.1, 0.15) is 29.2 Å². The maximum absolute atomic E-state index is 12.2. The van der Waals surface area contributed by atoms with Crippen LogP contribution in [-0.4, -0.2) is 17.6 Å². The van der Waals surface area contributed by atoms with Crippen molar-refractivity contribution < 1.29 is 14.5 Å². The Morgan fingerprint density at radius 2 is 2.12 bits per heavy atom. The third kappa shape index (κ3) is 3.88. The Morgan fingerprint density at radius 3 is 2.92 bits per heavy atom. The van der Waals surface area contributed by atoms with Crippen molar-refractivity contribution in [2.24, 2.45) is 0 Å². The Bertz CT molecular complexity index is 807. The SMILES string of the molecule is Cc1cccc2c1OCC[C@@H]2NC(=O)NCc1cccc([N+](=O)[O-])c1. The van der Waals surface area contributed by atoms with Crippen molar-refractivity contribution in [1.29, 1.82) is 0 Å². The maximum Gasteiger partial charge on any atom is 0.315 e. The molecule has 0 aliphatic carbocycles. The van der Waals surface area contributed by atoms with Gasteiger partial charge in [0.1, 0.15) is 5.75 Å². The zero-order valence-corrected chi connectivity index (χ0v) is 13.8. The highest BCUT2D eigenvalue weighted by Crippen LogP contribution is 2.34. The number of ether oxygens (including phenoxy) is 1. The van der Waals surface area contributed by atoms with E-state index in [9.17, 15) is 14.9 Å². The molecule has 2 aromatic carbocycles. The largest absolute Gasteiger partial charge is 0.493 e. The van der Waals surface area contributed by atoms with E-state index in [0.717, 1.165) is 16.9 Å². The molecule has 0 spiro atoms. The van der Waals surface area contributed by atoms with E-state index < -0.39 is 4.92 Å². The number of hydrogen-bond acceptors (Lipinski definition) is 4. The van der Waals surface area contributed by atoms with Gasteiger partial charge in [0.15, 0.2) is 0 Å². The number of nitro groups is 1. The van der Waals surface area contributed by atoms with E-state index in [1.165, 1.54) is 12.1 Å². The lowest BCUT2D eigenvalue weighted by Crippen LogP contribution is -2.39. The number of urea groups is 1. The fourth-order valence-corrected chi connectivity index (χ4v) is 2.90. The Kier molecular flexibility index (Phi) is 4.83. The molecule has 7 nitrogen and oxygen atoms in total. The van der Waals surface area contributed by atoms with E-state index in [4.69, 9.17) is 4.74 Å². The molecule has 3 rings (SSSR count). The van der Waals surface area contributed by atoms with Gasteiger partial charge in [-0.2, -0.15) is 0 Å². The van der Waals surface area contributed by atoms with Gasteiger partial charge in [0.25, 0.3) is 5.69 Å². The summed E-state index contributed by atoms with van der Waals surface area (Å²) in [4.78, 5) is 22.5. The normalized spacial score (nSPS) is 15.6. The first kappa shape index (κ1) is 16.8. The number of nitrogens with zero attached hydrogens (tertiary/aromatic N) is 1. The number of amides is 2. The number of nitrogens with one attached hydrogen (secondary N) is 2. The summed E-state index contributed by atoms with van der Waals surface area (Å²) >= 11 is 0. The fourth-order valence-electron chi connectivity index (χ4n) is 2.90. The number of aryl methyl sites for hydroxylation is 1. The summed E-state index contributed by atoms with van der Waals surface area (Å²) in [5, 5.41) is 16.5. The lowest BCUT2D eigenvalue weighted by atomic mass is 9.98. The Hall–Kier alpha value is -3.09. The summed E-state index contributed by atoms with van der Waals surface area (Å²) in [5.74, 6) is 0.831. The van der Waals surface area contributed by atoms with Crippen molar-refractivity contribution >= 4 is 11.7 Å². The van der Waals surface area contributed by atoms with Crippen molar-refractivity contribution in [3.8, 4) is 5.75 Å². The highest BCUT2D eigenvalue weighted by molar-refractivity contribution is 5.74. The zero-order chi connectivity index (χ0) is 17.8. The quantitative estimate of drug-likeness (QED) is 0.659. The summed E-state index contributed by atoms with van der Waals surface area (Å²) in [6.45, 7) is 2.74. The van der Waals surface area contributed by atoms with Crippen LogP contribution in [0.25, 0.3) is 0 Å². The zero-order valence-electron chi connectivity index (χ0n) is 13.8. The van der Waals surface area contributed by atoms with Crippen LogP contribution in [-0.2, 0) is 6.54 Å². The molecule has 7 heteroatoms. The molecule has 0 radical (unpaired) electrons. The van der Waals surface area contributed by atoms with Crippen LogP contribution in [0.15, 0.2) is 42.5 Å². The average molecular weight is 341 g/mol. The van der Waals surface area contributed by atoms with Crippen LogP contribution in [0, 0.1) is 17.0 Å². The molecule has 1 heterocycles. The van der Waals surface area contributed by atoms with Gasteiger partial charge in [-0.15, -0.1) is 0 Å². The molecule has 1 atom stereocenters. The second-order valence-electron chi connectivity index (χ2n) is 5.94. The lowest BCUT2D eigenvalue weighted by Gasteiger charge is -2.27. The number of non-ortho nitro benzene ring substituents is 1. The minimum absolute atomic E-state index is 0.00791. The molecule has 0 saturated carbocycles. The second kappa shape index (κ2) is 7.21. The standard InChI is InChI=1S/C18H19N3O4/c1-12-4-2-7-15-16(8-9-25-17(12)15)20-18(22)19-11-13-5-3-6-14(10-13)21(23)24/h2-7,10,16H,8-9,11H2,1H3,(H2,19,20,22)/t16-/m0/s1. The first-order valence-corrected chi connectivity index (χ1v) is 8.04. The summed E-state index contributed by atoms with van der Waals surface area (Å²) in [6.07, 6.45) is 0.695. The van der Waals surface area contributed by atoms with Crippen molar-refractivity contribution in [2.75, 3.05) is 6.61 Å². The van der Waals surface area contributed by atoms with Gasteiger partial charge in [-0.3, -0.25) is 10.1 Å². The molecular formula is C18H19N3O4. The third-order valence-corrected chi connectivity index (χ3v) is 4.15. The van der Waals surface area contributed by atoms with Gasteiger partial charge >= 0.3 is 6.03 Å². The second-order valence-corrected chi connectivity index (χ2v) is 5.94. The van der Waals surface area contributed by atoms with Crippen LogP contribution < -0.4 is 15.4 Å². The number of carbonyl (C=O) groups excluding carboxylic acids is 1. The van der Waals surface area contributed by atoms with Crippen molar-refractivity contribution in [2.45, 2.75) is 25.9 Å². The first-order valence-electron chi connectivity index (χ1n) is 8.04. The van der Waals surface area contributed by atoms with E-state index in [2.05, 4.69) is 10.6 Å². The predicted octanol–water partition coefficient (Wildman–Crippen LogP) is 3.23. The molecule has 2 aromatic rings. The maximum atomic E-state index is 12.2. The van der Waals surface area contributed by atoms with Crippen LogP contribution in [0.4, 0.5) is 10.5 Å². The molecular weight excluding hydrogens is 322 g/mol. The van der Waals surface area contributed by atoms with Crippen LogP contribution in [0.3, 0.4) is 0 Å². The van der Waals surface area contributed by atoms with Crippen LogP contribution >= 0.6 is 0 Å². The Morgan fingerprint density at radius 1 is 1.32 bits per heavy atom. The number of benzene rings is 2. The fraction of sp³-hybridized carbons (Fsp3) is 0.278. The number of nitro benzene ring substituents is 1. The predicted molar refractivity (Wildman–Crippen MR) is 92.5 cm³/mol. The molecule has 1 aliphatic rings. The van der Waals surface area contributed by atoms with Crippen molar-refractivity contribution in [1.82, 2.24) is 10.6 Å². The molecule has 130 valence electrons. The van der Waals surface area contributed by atoms with Gasteiger partial charge < -0.3 is 15.4 Å². The number of carbonyl (C=O) groups is 1. The highest BCUT2D eigenvalue weighted by Gasteiger charge is 2.23. The molecule has 0 fully saturated rings. The monoisotopic (exact) mass is 341 g/mol. The van der Waals surface area contributed by atoms with E-state index >= 15 is 0 Å². The van der Waals surface area contributed by atoms with Gasteiger partial charge in [0.05, 0.1) is 17.6 Å². The summed E-state index contributed by atoms with van der Waals surface area (Å²) in [6, 6.07) is 11.7. The summed E-state index contributed by atoms with van der Waals surface area (Å²) < 4.78 is 5.70. The topological polar surface area (TPSA) is 93.5 Å². The first-order chi connectivity index (χ1) is 12.0. The number of rotatable bonds is 4. The van der Waals surface area contributed by atoms with E-state index in [1.807, 2.05) is 25.1 Å². The number of hydrogen-bond donors (Lipinski definition) is 2. The third-order valence-electron chi connectivity index (χ3n) is 4.15. The highest BCUT2D eigenvalue weighted by atomic mass is 16.6. The van der Waals surface area contributed by atoms with Crippen molar-refractivity contribution in [3.05, 3.63) is 69.3 Å². The average Bonchev–Trinajstić information content (AvgIpc) is 2.61. The Balaban J connectivity index is 1.62. The molecule has 0 unspecified atom stereocenters. The molecule has 1 aliphatic heterocycles. The van der Waals surface area contributed by atoms with E-state index in [0.29, 0.717) is 18.6 Å². The van der Waals surface area contributed by atoms with Gasteiger partial charge in [-0.05, 0) is 18.1 Å². The van der Waals surface area contributed by atoms with Gasteiger partial charge in [0, 0.05) is 30.7 Å². The molecule has 2 N–H and O–H groups in total. The van der Waals surface area contributed by atoms with Gasteiger partial charge in [-0.25, -0.2) is 4.79 Å². The molecule has 25 heavy (non-hydrogen) atoms. The molecule has 2 amide bonds. The number of para-hydroxylation sites is 1. The molecule has 0 saturated heterocycles. The number of fused-ring (bicyclic) bond motifs is 1. The Labute approximate surface area is 145 Å². The molecule has 0 bridgehead atoms. The van der Waals surface area contributed by atoms with E-state index in [-0.39, 0.29) is 24.3 Å².